The molecule has 0 bridgehead atoms. The SMILES string of the molecule is CC(C)C(c1nnnn1-c1ccccc1)C(C)Cl. The van der Waals surface area contributed by atoms with Crippen molar-refractivity contribution >= 4 is 11.6 Å². The summed E-state index contributed by atoms with van der Waals surface area (Å²) in [5, 5.41) is 12.0. The van der Waals surface area contributed by atoms with Crippen LogP contribution in [-0.4, -0.2) is 25.6 Å². The van der Waals surface area contributed by atoms with Crippen molar-refractivity contribution in [3.8, 4) is 5.69 Å². The summed E-state index contributed by atoms with van der Waals surface area (Å²) in [5.41, 5.74) is 0.959. The van der Waals surface area contributed by atoms with E-state index in [1.54, 1.807) is 4.68 Å². The van der Waals surface area contributed by atoms with Crippen LogP contribution < -0.4 is 0 Å². The van der Waals surface area contributed by atoms with Crippen LogP contribution in [0, 0.1) is 5.92 Å². The first-order chi connectivity index (χ1) is 8.61. The fourth-order valence-electron chi connectivity index (χ4n) is 2.19. The Kier molecular flexibility index (Phi) is 3.97. The number of hydrogen-bond acceptors (Lipinski definition) is 3. The highest BCUT2D eigenvalue weighted by atomic mass is 35.5. The van der Waals surface area contributed by atoms with Gasteiger partial charge in [-0.05, 0) is 35.4 Å². The number of para-hydroxylation sites is 1. The van der Waals surface area contributed by atoms with Gasteiger partial charge in [-0.1, -0.05) is 32.0 Å². The molecule has 0 aliphatic carbocycles. The Morgan fingerprint density at radius 1 is 1.11 bits per heavy atom. The molecule has 0 aliphatic rings. The van der Waals surface area contributed by atoms with E-state index in [0.717, 1.165) is 11.5 Å². The fourth-order valence-corrected chi connectivity index (χ4v) is 2.59. The summed E-state index contributed by atoms with van der Waals surface area (Å²) < 4.78 is 1.77. The van der Waals surface area contributed by atoms with Gasteiger partial charge in [-0.25, -0.2) is 0 Å². The zero-order chi connectivity index (χ0) is 13.1. The molecule has 4 nitrogen and oxygen atoms in total. The van der Waals surface area contributed by atoms with Crippen LogP contribution in [0.1, 0.15) is 32.5 Å². The van der Waals surface area contributed by atoms with Crippen LogP contribution in [0.4, 0.5) is 0 Å². The maximum atomic E-state index is 6.28. The van der Waals surface area contributed by atoms with Crippen molar-refractivity contribution < 1.29 is 0 Å². The van der Waals surface area contributed by atoms with Crippen molar-refractivity contribution in [3.63, 3.8) is 0 Å². The normalized spacial score (nSPS) is 14.7. The molecule has 5 heteroatoms. The third kappa shape index (κ3) is 2.53. The molecule has 2 unspecified atom stereocenters. The summed E-state index contributed by atoms with van der Waals surface area (Å²) in [6, 6.07) is 9.87. The molecule has 0 N–H and O–H groups in total. The van der Waals surface area contributed by atoms with E-state index in [1.165, 1.54) is 0 Å². The minimum absolute atomic E-state index is 0.0153. The zero-order valence-electron chi connectivity index (χ0n) is 10.8. The van der Waals surface area contributed by atoms with E-state index in [2.05, 4.69) is 29.4 Å². The smallest absolute Gasteiger partial charge is 0.161 e. The molecule has 1 aromatic heterocycles. The van der Waals surface area contributed by atoms with Crippen molar-refractivity contribution in [3.05, 3.63) is 36.2 Å². The Morgan fingerprint density at radius 3 is 2.33 bits per heavy atom. The lowest BCUT2D eigenvalue weighted by Crippen LogP contribution is -2.20. The third-order valence-corrected chi connectivity index (χ3v) is 3.28. The number of tetrazole rings is 1. The lowest BCUT2D eigenvalue weighted by Gasteiger charge is -2.22. The van der Waals surface area contributed by atoms with Crippen LogP contribution in [0.5, 0.6) is 0 Å². The maximum absolute atomic E-state index is 6.28. The van der Waals surface area contributed by atoms with Gasteiger partial charge in [0.1, 0.15) is 0 Å². The molecule has 2 atom stereocenters. The zero-order valence-corrected chi connectivity index (χ0v) is 11.5. The van der Waals surface area contributed by atoms with Gasteiger partial charge in [-0.15, -0.1) is 16.7 Å². The first-order valence-corrected chi connectivity index (χ1v) is 6.52. The third-order valence-electron chi connectivity index (χ3n) is 3.01. The van der Waals surface area contributed by atoms with Crippen molar-refractivity contribution in [1.82, 2.24) is 20.2 Å². The minimum Gasteiger partial charge on any atom is -0.197 e. The van der Waals surface area contributed by atoms with Gasteiger partial charge in [0.05, 0.1) is 5.69 Å². The molecule has 2 rings (SSSR count). The van der Waals surface area contributed by atoms with Crippen molar-refractivity contribution in [1.29, 1.82) is 0 Å². The molecule has 2 aromatic rings. The van der Waals surface area contributed by atoms with Crippen LogP contribution in [0.15, 0.2) is 30.3 Å². The fraction of sp³-hybridized carbons (Fsp3) is 0.462. The Balaban J connectivity index is 2.44. The Bertz CT molecular complexity index is 485. The van der Waals surface area contributed by atoms with E-state index in [1.807, 2.05) is 37.3 Å². The van der Waals surface area contributed by atoms with Crippen molar-refractivity contribution in [2.45, 2.75) is 32.1 Å². The topological polar surface area (TPSA) is 43.6 Å². The average molecular weight is 265 g/mol. The molecule has 18 heavy (non-hydrogen) atoms. The van der Waals surface area contributed by atoms with E-state index in [9.17, 15) is 0 Å². The summed E-state index contributed by atoms with van der Waals surface area (Å²) in [6.07, 6.45) is 0. The predicted molar refractivity (Wildman–Crippen MR) is 72.0 cm³/mol. The molecule has 0 radical (unpaired) electrons. The quantitative estimate of drug-likeness (QED) is 0.798. The second kappa shape index (κ2) is 5.48. The van der Waals surface area contributed by atoms with Crippen LogP contribution in [-0.2, 0) is 0 Å². The van der Waals surface area contributed by atoms with E-state index in [0.29, 0.717) is 5.92 Å². The largest absolute Gasteiger partial charge is 0.197 e. The molecule has 0 amide bonds. The highest BCUT2D eigenvalue weighted by Crippen LogP contribution is 2.30. The first-order valence-electron chi connectivity index (χ1n) is 6.09. The molecular formula is C13H17ClN4. The summed E-state index contributed by atoms with van der Waals surface area (Å²) in [7, 11) is 0. The lowest BCUT2D eigenvalue weighted by atomic mass is 9.92. The number of hydrogen-bond donors (Lipinski definition) is 0. The number of halogens is 1. The van der Waals surface area contributed by atoms with Crippen LogP contribution in [0.3, 0.4) is 0 Å². The number of nitrogens with zero attached hydrogens (tertiary/aromatic N) is 4. The van der Waals surface area contributed by atoms with Crippen LogP contribution in [0.2, 0.25) is 0 Å². The van der Waals surface area contributed by atoms with Gasteiger partial charge in [-0.3, -0.25) is 0 Å². The number of aromatic nitrogens is 4. The second-order valence-corrected chi connectivity index (χ2v) is 5.42. The minimum atomic E-state index is -0.0153. The van der Waals surface area contributed by atoms with Gasteiger partial charge in [0.25, 0.3) is 0 Å². The molecule has 1 heterocycles. The molecule has 0 saturated carbocycles. The molecule has 0 fully saturated rings. The highest BCUT2D eigenvalue weighted by Gasteiger charge is 2.27. The van der Waals surface area contributed by atoms with E-state index in [4.69, 9.17) is 11.6 Å². The molecular weight excluding hydrogens is 248 g/mol. The van der Waals surface area contributed by atoms with Gasteiger partial charge >= 0.3 is 0 Å². The Hall–Kier alpha value is -1.42. The summed E-state index contributed by atoms with van der Waals surface area (Å²) >= 11 is 6.28. The number of alkyl halides is 1. The summed E-state index contributed by atoms with van der Waals surface area (Å²) in [5.74, 6) is 1.33. The second-order valence-electron chi connectivity index (χ2n) is 4.73. The Labute approximate surface area is 112 Å². The van der Waals surface area contributed by atoms with Crippen molar-refractivity contribution in [2.75, 3.05) is 0 Å². The van der Waals surface area contributed by atoms with Gasteiger partial charge < -0.3 is 0 Å². The predicted octanol–water partition coefficient (Wildman–Crippen LogP) is 3.03. The summed E-state index contributed by atoms with van der Waals surface area (Å²) in [4.78, 5) is 0. The van der Waals surface area contributed by atoms with E-state index >= 15 is 0 Å². The van der Waals surface area contributed by atoms with E-state index in [-0.39, 0.29) is 11.3 Å². The monoisotopic (exact) mass is 264 g/mol. The molecule has 0 spiro atoms. The van der Waals surface area contributed by atoms with Gasteiger partial charge in [0, 0.05) is 11.3 Å². The lowest BCUT2D eigenvalue weighted by molar-refractivity contribution is 0.459. The Morgan fingerprint density at radius 2 is 1.78 bits per heavy atom. The van der Waals surface area contributed by atoms with Gasteiger partial charge in [0.15, 0.2) is 5.82 Å². The molecule has 1 aromatic carbocycles. The van der Waals surface area contributed by atoms with Gasteiger partial charge in [-0.2, -0.15) is 4.68 Å². The maximum Gasteiger partial charge on any atom is 0.161 e. The number of rotatable bonds is 4. The van der Waals surface area contributed by atoms with Gasteiger partial charge in [0.2, 0.25) is 0 Å². The molecule has 96 valence electrons. The highest BCUT2D eigenvalue weighted by molar-refractivity contribution is 6.20. The molecule has 0 aliphatic heterocycles. The summed E-state index contributed by atoms with van der Waals surface area (Å²) in [6.45, 7) is 6.25. The standard InChI is InChI=1S/C13H17ClN4/c1-9(2)12(10(3)14)13-15-16-17-18(13)11-7-5-4-6-8-11/h4-10,12H,1-3H3. The number of benzene rings is 1. The van der Waals surface area contributed by atoms with Crippen LogP contribution >= 0.6 is 11.6 Å². The van der Waals surface area contributed by atoms with E-state index < -0.39 is 0 Å². The molecule has 0 saturated heterocycles. The first kappa shape index (κ1) is 13.0. The van der Waals surface area contributed by atoms with Crippen LogP contribution in [0.25, 0.3) is 5.69 Å². The van der Waals surface area contributed by atoms with Crippen molar-refractivity contribution in [2.24, 2.45) is 5.92 Å². The average Bonchev–Trinajstić information content (AvgIpc) is 2.78.